The standard InChI is InChI=1S/C13H20N2O2S/c1-17-9-10-5-3-4-6-12(10)15-13(16)11(14)7-8-18-2/h3-6,11H,7-9,14H2,1-2H3,(H,15,16)/t11-/m1/s1. The van der Waals surface area contributed by atoms with Crippen LogP contribution in [0.4, 0.5) is 5.69 Å². The lowest BCUT2D eigenvalue weighted by atomic mass is 10.1. The van der Waals surface area contributed by atoms with Crippen molar-refractivity contribution in [3.05, 3.63) is 29.8 Å². The minimum Gasteiger partial charge on any atom is -0.380 e. The molecule has 4 nitrogen and oxygen atoms in total. The zero-order chi connectivity index (χ0) is 13.4. The number of rotatable bonds is 7. The molecule has 0 saturated carbocycles. The van der Waals surface area contributed by atoms with Gasteiger partial charge in [0.1, 0.15) is 0 Å². The Morgan fingerprint density at radius 2 is 2.22 bits per heavy atom. The first kappa shape index (κ1) is 15.0. The number of para-hydroxylation sites is 1. The minimum atomic E-state index is -0.465. The SMILES string of the molecule is COCc1ccccc1NC(=O)[C@H](N)CCSC. The van der Waals surface area contributed by atoms with Gasteiger partial charge in [-0.1, -0.05) is 18.2 Å². The monoisotopic (exact) mass is 268 g/mol. The van der Waals surface area contributed by atoms with E-state index in [9.17, 15) is 4.79 Å². The van der Waals surface area contributed by atoms with Crippen LogP contribution in [0.15, 0.2) is 24.3 Å². The maximum Gasteiger partial charge on any atom is 0.241 e. The summed E-state index contributed by atoms with van der Waals surface area (Å²) in [5, 5.41) is 2.85. The number of carbonyl (C=O) groups excluding carboxylic acids is 1. The molecule has 0 aromatic heterocycles. The van der Waals surface area contributed by atoms with Crippen LogP contribution in [0, 0.1) is 0 Å². The number of methoxy groups -OCH3 is 1. The maximum atomic E-state index is 11.9. The van der Waals surface area contributed by atoms with E-state index in [2.05, 4.69) is 5.32 Å². The summed E-state index contributed by atoms with van der Waals surface area (Å²) < 4.78 is 5.09. The van der Waals surface area contributed by atoms with Gasteiger partial charge in [-0.05, 0) is 24.5 Å². The molecule has 0 heterocycles. The Bertz CT molecular complexity index is 385. The molecule has 0 aliphatic carbocycles. The minimum absolute atomic E-state index is 0.146. The second-order valence-electron chi connectivity index (χ2n) is 3.97. The van der Waals surface area contributed by atoms with Gasteiger partial charge in [-0.25, -0.2) is 0 Å². The number of ether oxygens (including phenoxy) is 1. The van der Waals surface area contributed by atoms with Crippen molar-refractivity contribution >= 4 is 23.4 Å². The molecule has 0 fully saturated rings. The Morgan fingerprint density at radius 1 is 1.50 bits per heavy atom. The number of hydrogen-bond acceptors (Lipinski definition) is 4. The van der Waals surface area contributed by atoms with Gasteiger partial charge in [0, 0.05) is 18.4 Å². The van der Waals surface area contributed by atoms with E-state index in [4.69, 9.17) is 10.5 Å². The van der Waals surface area contributed by atoms with Crippen LogP contribution in [0.1, 0.15) is 12.0 Å². The van der Waals surface area contributed by atoms with Crippen LogP contribution in [-0.4, -0.2) is 31.1 Å². The summed E-state index contributed by atoms with van der Waals surface area (Å²) in [6, 6.07) is 7.10. The molecule has 1 amide bonds. The van der Waals surface area contributed by atoms with Crippen LogP contribution in [-0.2, 0) is 16.1 Å². The van der Waals surface area contributed by atoms with Gasteiger partial charge in [0.25, 0.3) is 0 Å². The second-order valence-corrected chi connectivity index (χ2v) is 4.95. The van der Waals surface area contributed by atoms with Gasteiger partial charge in [-0.2, -0.15) is 11.8 Å². The molecular formula is C13H20N2O2S. The van der Waals surface area contributed by atoms with E-state index in [0.29, 0.717) is 13.0 Å². The smallest absolute Gasteiger partial charge is 0.241 e. The highest BCUT2D eigenvalue weighted by Crippen LogP contribution is 2.16. The summed E-state index contributed by atoms with van der Waals surface area (Å²) in [4.78, 5) is 11.9. The highest BCUT2D eigenvalue weighted by molar-refractivity contribution is 7.98. The molecule has 1 aromatic rings. The number of nitrogens with one attached hydrogen (secondary N) is 1. The number of benzene rings is 1. The fourth-order valence-electron chi connectivity index (χ4n) is 1.52. The molecular weight excluding hydrogens is 248 g/mol. The van der Waals surface area contributed by atoms with Crippen molar-refractivity contribution in [3.8, 4) is 0 Å². The molecule has 0 bridgehead atoms. The number of amides is 1. The highest BCUT2D eigenvalue weighted by Gasteiger charge is 2.14. The van der Waals surface area contributed by atoms with Gasteiger partial charge in [-0.15, -0.1) is 0 Å². The van der Waals surface area contributed by atoms with E-state index >= 15 is 0 Å². The highest BCUT2D eigenvalue weighted by atomic mass is 32.2. The van der Waals surface area contributed by atoms with E-state index < -0.39 is 6.04 Å². The molecule has 0 saturated heterocycles. The Balaban J connectivity index is 2.63. The molecule has 18 heavy (non-hydrogen) atoms. The lowest BCUT2D eigenvalue weighted by molar-refractivity contribution is -0.117. The van der Waals surface area contributed by atoms with Gasteiger partial charge in [0.05, 0.1) is 12.6 Å². The number of thioether (sulfide) groups is 1. The molecule has 0 aliphatic rings. The summed E-state index contributed by atoms with van der Waals surface area (Å²) in [6.45, 7) is 0.469. The summed E-state index contributed by atoms with van der Waals surface area (Å²) >= 11 is 1.68. The van der Waals surface area contributed by atoms with Crippen LogP contribution in [0.2, 0.25) is 0 Å². The number of carbonyl (C=O) groups is 1. The summed E-state index contributed by atoms with van der Waals surface area (Å²) in [5.41, 5.74) is 7.54. The molecule has 3 N–H and O–H groups in total. The predicted octanol–water partition coefficient (Wildman–Crippen LogP) is 1.85. The topological polar surface area (TPSA) is 64.3 Å². The molecule has 0 radical (unpaired) electrons. The Morgan fingerprint density at radius 3 is 2.89 bits per heavy atom. The third-order valence-electron chi connectivity index (χ3n) is 2.54. The van der Waals surface area contributed by atoms with Crippen LogP contribution in [0.5, 0.6) is 0 Å². The number of anilines is 1. The first-order chi connectivity index (χ1) is 8.69. The van der Waals surface area contributed by atoms with Gasteiger partial charge in [0.2, 0.25) is 5.91 Å². The zero-order valence-electron chi connectivity index (χ0n) is 10.8. The summed E-state index contributed by atoms with van der Waals surface area (Å²) in [7, 11) is 1.63. The van der Waals surface area contributed by atoms with E-state index in [1.807, 2.05) is 30.5 Å². The van der Waals surface area contributed by atoms with Crippen molar-refractivity contribution in [3.63, 3.8) is 0 Å². The second kappa shape index (κ2) is 8.13. The van der Waals surface area contributed by atoms with E-state index in [1.165, 1.54) is 0 Å². The molecule has 0 aliphatic heterocycles. The number of nitrogens with two attached hydrogens (primary N) is 1. The van der Waals surface area contributed by atoms with E-state index in [-0.39, 0.29) is 5.91 Å². The molecule has 1 atom stereocenters. The average Bonchev–Trinajstić information content (AvgIpc) is 2.38. The largest absolute Gasteiger partial charge is 0.380 e. The van der Waals surface area contributed by atoms with Crippen LogP contribution in [0.25, 0.3) is 0 Å². The zero-order valence-corrected chi connectivity index (χ0v) is 11.6. The van der Waals surface area contributed by atoms with Crippen molar-refractivity contribution in [2.45, 2.75) is 19.1 Å². The molecule has 0 unspecified atom stereocenters. The Kier molecular flexibility index (Phi) is 6.78. The lowest BCUT2D eigenvalue weighted by Gasteiger charge is -2.14. The molecule has 1 rings (SSSR count). The first-order valence-electron chi connectivity index (χ1n) is 5.81. The third kappa shape index (κ3) is 4.68. The van der Waals surface area contributed by atoms with Gasteiger partial charge in [-0.3, -0.25) is 4.79 Å². The van der Waals surface area contributed by atoms with Gasteiger partial charge >= 0.3 is 0 Å². The Hall–Kier alpha value is -1.04. The third-order valence-corrected chi connectivity index (χ3v) is 3.19. The Labute approximate surface area is 112 Å². The van der Waals surface area contributed by atoms with E-state index in [0.717, 1.165) is 17.0 Å². The fraction of sp³-hybridized carbons (Fsp3) is 0.462. The molecule has 1 aromatic carbocycles. The summed E-state index contributed by atoms with van der Waals surface area (Å²) in [5.74, 6) is 0.738. The average molecular weight is 268 g/mol. The first-order valence-corrected chi connectivity index (χ1v) is 7.20. The normalized spacial score (nSPS) is 12.2. The lowest BCUT2D eigenvalue weighted by Crippen LogP contribution is -2.36. The van der Waals surface area contributed by atoms with Gasteiger partial charge < -0.3 is 15.8 Å². The molecule has 5 heteroatoms. The van der Waals surface area contributed by atoms with Crippen molar-refractivity contribution in [2.24, 2.45) is 5.73 Å². The van der Waals surface area contributed by atoms with Crippen LogP contribution in [0.3, 0.4) is 0 Å². The predicted molar refractivity (Wildman–Crippen MR) is 76.8 cm³/mol. The van der Waals surface area contributed by atoms with Crippen molar-refractivity contribution in [2.75, 3.05) is 24.4 Å². The van der Waals surface area contributed by atoms with Crippen LogP contribution >= 0.6 is 11.8 Å². The quantitative estimate of drug-likeness (QED) is 0.792. The number of hydrogen-bond donors (Lipinski definition) is 2. The van der Waals surface area contributed by atoms with Crippen molar-refractivity contribution in [1.82, 2.24) is 0 Å². The van der Waals surface area contributed by atoms with Crippen molar-refractivity contribution in [1.29, 1.82) is 0 Å². The van der Waals surface area contributed by atoms with E-state index in [1.54, 1.807) is 18.9 Å². The maximum absolute atomic E-state index is 11.9. The molecule has 0 spiro atoms. The van der Waals surface area contributed by atoms with Gasteiger partial charge in [0.15, 0.2) is 0 Å². The van der Waals surface area contributed by atoms with Crippen LogP contribution < -0.4 is 11.1 Å². The summed E-state index contributed by atoms with van der Waals surface area (Å²) in [6.07, 6.45) is 2.68. The van der Waals surface area contributed by atoms with Crippen molar-refractivity contribution < 1.29 is 9.53 Å². The molecule has 100 valence electrons. The fourth-order valence-corrected chi connectivity index (χ4v) is 2.01.